The maximum Gasteiger partial charge on any atom is 0.231 e. The highest BCUT2D eigenvalue weighted by Crippen LogP contribution is 2.29. The molecule has 1 N–H and O–H groups in total. The zero-order valence-electron chi connectivity index (χ0n) is 15.5. The summed E-state index contributed by atoms with van der Waals surface area (Å²) in [5.41, 5.74) is 1.67. The maximum absolute atomic E-state index is 12.5. The lowest BCUT2D eigenvalue weighted by Gasteiger charge is -2.32. The fourth-order valence-electron chi connectivity index (χ4n) is 3.39. The number of piperidine rings is 1. The van der Waals surface area contributed by atoms with Gasteiger partial charge in [-0.2, -0.15) is 0 Å². The van der Waals surface area contributed by atoms with Crippen LogP contribution in [0.4, 0.5) is 10.9 Å². The largest absolute Gasteiger partial charge is 0.496 e. The van der Waals surface area contributed by atoms with Crippen LogP contribution in [0.1, 0.15) is 12.8 Å². The predicted octanol–water partition coefficient (Wildman–Crippen LogP) is 3.46. The molecule has 0 aliphatic carbocycles. The van der Waals surface area contributed by atoms with Crippen molar-refractivity contribution >= 4 is 28.2 Å². The molecule has 4 rings (SSSR count). The third-order valence-corrected chi connectivity index (χ3v) is 5.50. The topological polar surface area (TPSA) is 80.2 Å². The highest BCUT2D eigenvalue weighted by atomic mass is 32.1. The number of hydrogen-bond donors (Lipinski definition) is 1. The number of thiazole rings is 1. The minimum atomic E-state index is -0.0895. The van der Waals surface area contributed by atoms with Crippen LogP contribution in [0.15, 0.2) is 48.0 Å². The number of ether oxygens (including phenoxy) is 1. The normalized spacial score (nSPS) is 16.6. The summed E-state index contributed by atoms with van der Waals surface area (Å²) < 4.78 is 5.40. The van der Waals surface area contributed by atoms with E-state index in [9.17, 15) is 4.79 Å². The maximum atomic E-state index is 12.5. The molecule has 0 bridgehead atoms. The van der Waals surface area contributed by atoms with Crippen LogP contribution in [-0.2, 0) is 4.79 Å². The van der Waals surface area contributed by atoms with Crippen LogP contribution in [0.2, 0.25) is 0 Å². The number of nitrogens with zero attached hydrogens (tertiary/aromatic N) is 4. The first kappa shape index (κ1) is 18.4. The number of methoxy groups -OCH3 is 1. The number of rotatable bonds is 5. The summed E-state index contributed by atoms with van der Waals surface area (Å²) in [5, 5.41) is 14.2. The summed E-state index contributed by atoms with van der Waals surface area (Å²) >= 11 is 1.43. The highest BCUT2D eigenvalue weighted by Gasteiger charge is 2.27. The molecule has 8 heteroatoms. The van der Waals surface area contributed by atoms with E-state index in [1.807, 2.05) is 41.8 Å². The van der Waals surface area contributed by atoms with Crippen LogP contribution >= 0.6 is 11.3 Å². The van der Waals surface area contributed by atoms with Crippen LogP contribution in [0, 0.1) is 5.92 Å². The third-order valence-electron chi connectivity index (χ3n) is 4.81. The first-order chi connectivity index (χ1) is 13.7. The van der Waals surface area contributed by atoms with E-state index in [0.29, 0.717) is 11.7 Å². The number of benzene rings is 1. The molecule has 0 spiro atoms. The number of anilines is 2. The Balaban J connectivity index is 1.46. The number of aromatic nitrogens is 3. The van der Waals surface area contributed by atoms with Gasteiger partial charge in [0.25, 0.3) is 0 Å². The van der Waals surface area contributed by atoms with E-state index < -0.39 is 0 Å². The van der Waals surface area contributed by atoms with Crippen molar-refractivity contribution in [1.29, 1.82) is 0 Å². The molecule has 1 amide bonds. The van der Waals surface area contributed by atoms with E-state index in [1.165, 1.54) is 11.3 Å². The van der Waals surface area contributed by atoms with Crippen molar-refractivity contribution < 1.29 is 9.53 Å². The molecule has 1 aliphatic rings. The zero-order valence-corrected chi connectivity index (χ0v) is 16.4. The average Bonchev–Trinajstić information content (AvgIpc) is 3.27. The molecule has 1 aliphatic heterocycles. The summed E-state index contributed by atoms with van der Waals surface area (Å²) in [5.74, 6) is 1.47. The SMILES string of the molecule is COc1ccccc1-c1ccc(N2CCCC(C(=O)Nc3nccs3)C2)nn1. The number of para-hydroxylation sites is 1. The molecule has 0 radical (unpaired) electrons. The molecular formula is C20H21N5O2S. The molecule has 1 atom stereocenters. The van der Waals surface area contributed by atoms with Gasteiger partial charge < -0.3 is 15.0 Å². The van der Waals surface area contributed by atoms with E-state index in [1.54, 1.807) is 13.3 Å². The van der Waals surface area contributed by atoms with Gasteiger partial charge in [-0.1, -0.05) is 12.1 Å². The molecule has 3 heterocycles. The summed E-state index contributed by atoms with van der Waals surface area (Å²) in [6.07, 6.45) is 3.48. The van der Waals surface area contributed by atoms with Crippen molar-refractivity contribution in [1.82, 2.24) is 15.2 Å². The van der Waals surface area contributed by atoms with Gasteiger partial charge in [-0.15, -0.1) is 21.5 Å². The summed E-state index contributed by atoms with van der Waals surface area (Å²) in [7, 11) is 1.64. The molecule has 1 fully saturated rings. The first-order valence-electron chi connectivity index (χ1n) is 9.17. The van der Waals surface area contributed by atoms with E-state index in [2.05, 4.69) is 25.4 Å². The molecule has 1 aromatic carbocycles. The lowest BCUT2D eigenvalue weighted by molar-refractivity contribution is -0.120. The molecular weight excluding hydrogens is 374 g/mol. The van der Waals surface area contributed by atoms with Gasteiger partial charge in [0, 0.05) is 30.2 Å². The molecule has 1 unspecified atom stereocenters. The molecule has 0 saturated carbocycles. The summed E-state index contributed by atoms with van der Waals surface area (Å²) in [6.45, 7) is 1.49. The average molecular weight is 395 g/mol. The zero-order chi connectivity index (χ0) is 19.3. The second kappa shape index (κ2) is 8.35. The minimum Gasteiger partial charge on any atom is -0.496 e. The van der Waals surface area contributed by atoms with Crippen LogP contribution in [0.25, 0.3) is 11.3 Å². The van der Waals surface area contributed by atoms with Crippen LogP contribution in [0.5, 0.6) is 5.75 Å². The van der Waals surface area contributed by atoms with E-state index in [0.717, 1.165) is 42.2 Å². The Morgan fingerprint density at radius 2 is 2.14 bits per heavy atom. The predicted molar refractivity (Wildman–Crippen MR) is 110 cm³/mol. The second-order valence-corrected chi connectivity index (χ2v) is 7.48. The fourth-order valence-corrected chi connectivity index (χ4v) is 3.92. The van der Waals surface area contributed by atoms with Gasteiger partial charge in [-0.3, -0.25) is 4.79 Å². The Labute approximate surface area is 167 Å². The Bertz CT molecular complexity index is 930. The quantitative estimate of drug-likeness (QED) is 0.713. The first-order valence-corrected chi connectivity index (χ1v) is 10.0. The standard InChI is InChI=1S/C20H21N5O2S/c1-27-17-7-3-2-6-15(17)16-8-9-18(24-23-16)25-11-4-5-14(13-25)19(26)22-20-21-10-12-28-20/h2-3,6-10,12,14H,4-5,11,13H2,1H3,(H,21,22,26). The number of hydrogen-bond acceptors (Lipinski definition) is 7. The Kier molecular flexibility index (Phi) is 5.48. The molecule has 2 aromatic heterocycles. The molecule has 1 saturated heterocycles. The van der Waals surface area contributed by atoms with Crippen LogP contribution in [0.3, 0.4) is 0 Å². The van der Waals surface area contributed by atoms with Crippen molar-refractivity contribution in [3.05, 3.63) is 48.0 Å². The van der Waals surface area contributed by atoms with Crippen molar-refractivity contribution in [2.24, 2.45) is 5.92 Å². The fraction of sp³-hybridized carbons (Fsp3) is 0.300. The third kappa shape index (κ3) is 3.96. The molecule has 144 valence electrons. The van der Waals surface area contributed by atoms with Crippen molar-refractivity contribution in [2.75, 3.05) is 30.4 Å². The van der Waals surface area contributed by atoms with Gasteiger partial charge in [-0.25, -0.2) is 4.98 Å². The minimum absolute atomic E-state index is 0.0123. The number of carbonyl (C=O) groups is 1. The number of nitrogens with one attached hydrogen (secondary N) is 1. The molecule has 7 nitrogen and oxygen atoms in total. The van der Waals surface area contributed by atoms with Crippen molar-refractivity contribution in [3.8, 4) is 17.0 Å². The van der Waals surface area contributed by atoms with Crippen molar-refractivity contribution in [3.63, 3.8) is 0 Å². The van der Waals surface area contributed by atoms with Gasteiger partial charge in [0.1, 0.15) is 5.75 Å². The second-order valence-electron chi connectivity index (χ2n) is 6.59. The van der Waals surface area contributed by atoms with Crippen LogP contribution < -0.4 is 15.0 Å². The Hall–Kier alpha value is -3.00. The molecule has 28 heavy (non-hydrogen) atoms. The van der Waals surface area contributed by atoms with Gasteiger partial charge in [-0.05, 0) is 37.1 Å². The van der Waals surface area contributed by atoms with E-state index >= 15 is 0 Å². The molecule has 3 aromatic rings. The Morgan fingerprint density at radius 1 is 1.25 bits per heavy atom. The lowest BCUT2D eigenvalue weighted by Crippen LogP contribution is -2.41. The van der Waals surface area contributed by atoms with E-state index in [4.69, 9.17) is 4.74 Å². The monoisotopic (exact) mass is 395 g/mol. The summed E-state index contributed by atoms with van der Waals surface area (Å²) in [4.78, 5) is 18.8. The van der Waals surface area contributed by atoms with Gasteiger partial charge >= 0.3 is 0 Å². The lowest BCUT2D eigenvalue weighted by atomic mass is 9.97. The van der Waals surface area contributed by atoms with Crippen LogP contribution in [-0.4, -0.2) is 41.3 Å². The van der Waals surface area contributed by atoms with Crippen molar-refractivity contribution in [2.45, 2.75) is 12.8 Å². The summed E-state index contributed by atoms with van der Waals surface area (Å²) in [6, 6.07) is 11.6. The highest BCUT2D eigenvalue weighted by molar-refractivity contribution is 7.13. The Morgan fingerprint density at radius 3 is 2.89 bits per heavy atom. The number of amides is 1. The van der Waals surface area contributed by atoms with Gasteiger partial charge in [0.05, 0.1) is 18.7 Å². The van der Waals surface area contributed by atoms with Gasteiger partial charge in [0.15, 0.2) is 10.9 Å². The van der Waals surface area contributed by atoms with Gasteiger partial charge in [0.2, 0.25) is 5.91 Å². The van der Waals surface area contributed by atoms with E-state index in [-0.39, 0.29) is 11.8 Å². The number of carbonyl (C=O) groups excluding carboxylic acids is 1. The smallest absolute Gasteiger partial charge is 0.231 e.